The highest BCUT2D eigenvalue weighted by atomic mass is 127. The largest absolute Gasteiger partial charge is 0.0826 e. The molecule has 4 rings (SSSR count). The van der Waals surface area contributed by atoms with Gasteiger partial charge in [-0.25, -0.2) is 0 Å². The SMILES string of the molecule is CCC1=C(CC)C(C)(C)C2=CC(C3CCC4CC(I)CCC4C3)CCC21. The van der Waals surface area contributed by atoms with Crippen LogP contribution in [0.25, 0.3) is 0 Å². The van der Waals surface area contributed by atoms with Gasteiger partial charge in [-0.2, -0.15) is 0 Å². The van der Waals surface area contributed by atoms with Gasteiger partial charge in [0.15, 0.2) is 0 Å². The molecular weight excluding hydrogens is 427 g/mol. The highest BCUT2D eigenvalue weighted by Gasteiger charge is 2.45. The second kappa shape index (κ2) is 7.56. The fourth-order valence-corrected chi connectivity index (χ4v) is 8.51. The Balaban J connectivity index is 1.52. The van der Waals surface area contributed by atoms with Gasteiger partial charge in [0.25, 0.3) is 0 Å². The first-order valence-electron chi connectivity index (χ1n) is 11.5. The van der Waals surface area contributed by atoms with Gasteiger partial charge in [-0.1, -0.05) is 73.1 Å². The predicted molar refractivity (Wildman–Crippen MR) is 122 cm³/mol. The number of hydrogen-bond acceptors (Lipinski definition) is 0. The van der Waals surface area contributed by atoms with E-state index in [4.69, 9.17) is 0 Å². The maximum Gasteiger partial charge on any atom is 0.0112 e. The lowest BCUT2D eigenvalue weighted by Gasteiger charge is -2.44. The number of rotatable bonds is 3. The molecule has 0 aromatic rings. The van der Waals surface area contributed by atoms with Gasteiger partial charge in [-0.05, 0) is 87.9 Å². The highest BCUT2D eigenvalue weighted by Crippen LogP contribution is 2.57. The molecule has 6 atom stereocenters. The number of fused-ring (bicyclic) bond motifs is 2. The van der Waals surface area contributed by atoms with Crippen LogP contribution in [0.1, 0.15) is 91.9 Å². The summed E-state index contributed by atoms with van der Waals surface area (Å²) in [6.07, 6.45) is 17.3. The summed E-state index contributed by atoms with van der Waals surface area (Å²) in [7, 11) is 0. The summed E-state index contributed by atoms with van der Waals surface area (Å²) in [5, 5.41) is 0. The molecule has 0 amide bonds. The standard InChI is InChI=1S/C25H39I/c1-5-21-22-12-10-19(15-24(22)25(3,4)23(21)6-2)16-7-8-18-14-20(26)11-9-17(18)13-16/h15-20,22H,5-14H2,1-4H3. The maximum absolute atomic E-state index is 2.82. The summed E-state index contributed by atoms with van der Waals surface area (Å²) < 4.78 is 0.966. The topological polar surface area (TPSA) is 0 Å². The zero-order chi connectivity index (χ0) is 18.5. The highest BCUT2D eigenvalue weighted by molar-refractivity contribution is 14.1. The second-order valence-electron chi connectivity index (χ2n) is 10.3. The minimum Gasteiger partial charge on any atom is -0.0826 e. The lowest BCUT2D eigenvalue weighted by atomic mass is 9.62. The molecule has 2 saturated carbocycles. The smallest absolute Gasteiger partial charge is 0.0112 e. The Hall–Kier alpha value is 0.210. The molecule has 0 heterocycles. The van der Waals surface area contributed by atoms with Crippen LogP contribution in [-0.2, 0) is 0 Å². The maximum atomic E-state index is 2.82. The van der Waals surface area contributed by atoms with Gasteiger partial charge in [0, 0.05) is 15.3 Å². The van der Waals surface area contributed by atoms with Gasteiger partial charge < -0.3 is 0 Å². The van der Waals surface area contributed by atoms with Crippen LogP contribution in [0.4, 0.5) is 0 Å². The first-order valence-corrected chi connectivity index (χ1v) is 12.8. The fraction of sp³-hybridized carbons (Fsp3) is 0.840. The van der Waals surface area contributed by atoms with Crippen LogP contribution in [0.15, 0.2) is 22.8 Å². The van der Waals surface area contributed by atoms with E-state index in [1.54, 1.807) is 12.0 Å². The van der Waals surface area contributed by atoms with Crippen LogP contribution in [0.5, 0.6) is 0 Å². The molecule has 0 radical (unpaired) electrons. The molecule has 26 heavy (non-hydrogen) atoms. The van der Waals surface area contributed by atoms with Crippen molar-refractivity contribution in [1.29, 1.82) is 0 Å². The van der Waals surface area contributed by atoms with Crippen molar-refractivity contribution in [2.75, 3.05) is 0 Å². The van der Waals surface area contributed by atoms with Gasteiger partial charge in [0.2, 0.25) is 0 Å². The van der Waals surface area contributed by atoms with Crippen molar-refractivity contribution in [3.63, 3.8) is 0 Å². The molecule has 0 nitrogen and oxygen atoms in total. The zero-order valence-electron chi connectivity index (χ0n) is 17.5. The Morgan fingerprint density at radius 2 is 1.58 bits per heavy atom. The van der Waals surface area contributed by atoms with Crippen molar-refractivity contribution in [3.8, 4) is 0 Å². The molecule has 146 valence electrons. The quantitative estimate of drug-likeness (QED) is 0.224. The fourth-order valence-electron chi connectivity index (χ4n) is 7.49. The molecule has 0 aromatic heterocycles. The van der Waals surface area contributed by atoms with E-state index in [1.807, 2.05) is 11.1 Å². The normalized spacial score (nSPS) is 42.3. The lowest BCUT2D eigenvalue weighted by molar-refractivity contribution is 0.109. The number of alkyl halides is 1. The minimum absolute atomic E-state index is 0.333. The molecule has 0 bridgehead atoms. The Bertz CT molecular complexity index is 595. The minimum atomic E-state index is 0.333. The molecular formula is C25H39I. The second-order valence-corrected chi connectivity index (χ2v) is 12.0. The van der Waals surface area contributed by atoms with E-state index in [1.165, 1.54) is 57.8 Å². The Morgan fingerprint density at radius 1 is 0.885 bits per heavy atom. The van der Waals surface area contributed by atoms with E-state index in [9.17, 15) is 0 Å². The van der Waals surface area contributed by atoms with Crippen molar-refractivity contribution < 1.29 is 0 Å². The monoisotopic (exact) mass is 466 g/mol. The third-order valence-electron chi connectivity index (χ3n) is 8.77. The Kier molecular flexibility index (Phi) is 5.68. The molecule has 4 aliphatic rings. The Labute approximate surface area is 175 Å². The molecule has 0 saturated heterocycles. The third kappa shape index (κ3) is 3.26. The first kappa shape index (κ1) is 19.5. The van der Waals surface area contributed by atoms with Gasteiger partial charge in [0.1, 0.15) is 0 Å². The van der Waals surface area contributed by atoms with E-state index in [0.29, 0.717) is 5.41 Å². The average molecular weight is 466 g/mol. The van der Waals surface area contributed by atoms with Gasteiger partial charge >= 0.3 is 0 Å². The van der Waals surface area contributed by atoms with Crippen molar-refractivity contribution in [3.05, 3.63) is 22.8 Å². The van der Waals surface area contributed by atoms with E-state index in [0.717, 1.165) is 33.5 Å². The summed E-state index contributed by atoms with van der Waals surface area (Å²) in [5.41, 5.74) is 5.74. The van der Waals surface area contributed by atoms with Crippen LogP contribution in [0.3, 0.4) is 0 Å². The molecule has 1 heteroatoms. The van der Waals surface area contributed by atoms with Crippen LogP contribution >= 0.6 is 22.6 Å². The molecule has 0 aliphatic heterocycles. The predicted octanol–water partition coefficient (Wildman–Crippen LogP) is 8.12. The van der Waals surface area contributed by atoms with E-state index in [-0.39, 0.29) is 0 Å². The summed E-state index contributed by atoms with van der Waals surface area (Å²) >= 11 is 2.71. The molecule has 6 unspecified atom stereocenters. The van der Waals surface area contributed by atoms with E-state index >= 15 is 0 Å². The number of hydrogen-bond donors (Lipinski definition) is 0. The summed E-state index contributed by atoms with van der Waals surface area (Å²) in [5.74, 6) is 4.79. The van der Waals surface area contributed by atoms with E-state index < -0.39 is 0 Å². The molecule has 2 fully saturated rings. The van der Waals surface area contributed by atoms with E-state index in [2.05, 4.69) is 56.4 Å². The first-order chi connectivity index (χ1) is 12.5. The lowest BCUT2D eigenvalue weighted by Crippen LogP contribution is -2.34. The Morgan fingerprint density at radius 3 is 2.31 bits per heavy atom. The molecule has 0 N–H and O–H groups in total. The van der Waals surface area contributed by atoms with Crippen molar-refractivity contribution in [1.82, 2.24) is 0 Å². The third-order valence-corrected chi connectivity index (χ3v) is 9.90. The number of halogens is 1. The number of allylic oxidation sites excluding steroid dienone is 4. The summed E-state index contributed by atoms with van der Waals surface area (Å²) in [6, 6.07) is 0. The molecule has 0 spiro atoms. The van der Waals surface area contributed by atoms with Gasteiger partial charge in [0.05, 0.1) is 0 Å². The van der Waals surface area contributed by atoms with Crippen molar-refractivity contribution in [2.45, 2.75) is 95.8 Å². The van der Waals surface area contributed by atoms with Crippen molar-refractivity contribution in [2.24, 2.45) is 35.0 Å². The van der Waals surface area contributed by atoms with Crippen LogP contribution in [-0.4, -0.2) is 3.92 Å². The molecule has 4 aliphatic carbocycles. The van der Waals surface area contributed by atoms with Crippen molar-refractivity contribution >= 4 is 22.6 Å². The van der Waals surface area contributed by atoms with Crippen LogP contribution in [0.2, 0.25) is 0 Å². The van der Waals surface area contributed by atoms with Gasteiger partial charge in [-0.3, -0.25) is 0 Å². The van der Waals surface area contributed by atoms with Crippen LogP contribution in [0, 0.1) is 35.0 Å². The average Bonchev–Trinajstić information content (AvgIpc) is 2.86. The van der Waals surface area contributed by atoms with Crippen LogP contribution < -0.4 is 0 Å². The summed E-state index contributed by atoms with van der Waals surface area (Å²) in [4.78, 5) is 0. The zero-order valence-corrected chi connectivity index (χ0v) is 19.6. The van der Waals surface area contributed by atoms with Gasteiger partial charge in [-0.15, -0.1) is 0 Å². The summed E-state index contributed by atoms with van der Waals surface area (Å²) in [6.45, 7) is 9.82. The molecule has 0 aromatic carbocycles.